The monoisotopic (exact) mass is 341 g/mol. The first-order valence-electron chi connectivity index (χ1n) is 7.14. The van der Waals surface area contributed by atoms with Gasteiger partial charge >= 0.3 is 5.69 Å². The van der Waals surface area contributed by atoms with Crippen LogP contribution in [0.3, 0.4) is 0 Å². The number of nitrogens with one attached hydrogen (secondary N) is 1. The molecular formula is C17H15N3O3S. The number of sulfone groups is 1. The van der Waals surface area contributed by atoms with Gasteiger partial charge in [0.25, 0.3) is 0 Å². The summed E-state index contributed by atoms with van der Waals surface area (Å²) in [6.45, 7) is 0. The normalized spacial score (nSPS) is 11.4. The quantitative estimate of drug-likeness (QED) is 0.784. The van der Waals surface area contributed by atoms with Gasteiger partial charge in [-0.1, -0.05) is 36.4 Å². The number of para-hydroxylation sites is 2. The third-order valence-corrected chi connectivity index (χ3v) is 4.65. The molecule has 0 fully saturated rings. The van der Waals surface area contributed by atoms with Crippen molar-refractivity contribution in [3.8, 4) is 11.4 Å². The Labute approximate surface area is 138 Å². The summed E-state index contributed by atoms with van der Waals surface area (Å²) in [6.07, 6.45) is 2.23. The Morgan fingerprint density at radius 3 is 1.88 bits per heavy atom. The summed E-state index contributed by atoms with van der Waals surface area (Å²) in [5, 5.41) is 8.21. The molecule has 0 saturated heterocycles. The average molecular weight is 341 g/mol. The van der Waals surface area contributed by atoms with Crippen molar-refractivity contribution in [1.29, 1.82) is 5.41 Å². The highest BCUT2D eigenvalue weighted by Gasteiger charge is 2.18. The molecule has 0 spiro atoms. The standard InChI is InChI=1S/C17H15N3O3S/c1-24(22,23)15-12-19(13-8-4-2-5-9-13)17(21)20(16(15)18)14-10-6-3-7-11-14/h2-12,18H,1H3. The zero-order chi connectivity index (χ0) is 17.3. The van der Waals surface area contributed by atoms with Gasteiger partial charge in [0.05, 0.1) is 11.4 Å². The Hall–Kier alpha value is -2.93. The lowest BCUT2D eigenvalue weighted by atomic mass is 10.3. The van der Waals surface area contributed by atoms with Crippen LogP contribution >= 0.6 is 0 Å². The van der Waals surface area contributed by atoms with Crippen LogP contribution in [0, 0.1) is 5.41 Å². The van der Waals surface area contributed by atoms with E-state index in [-0.39, 0.29) is 10.4 Å². The molecule has 7 heteroatoms. The summed E-state index contributed by atoms with van der Waals surface area (Å²) >= 11 is 0. The zero-order valence-corrected chi connectivity index (χ0v) is 13.7. The van der Waals surface area contributed by atoms with Crippen molar-refractivity contribution >= 4 is 9.84 Å². The van der Waals surface area contributed by atoms with Gasteiger partial charge in [0.1, 0.15) is 4.90 Å². The van der Waals surface area contributed by atoms with E-state index in [1.54, 1.807) is 60.7 Å². The molecule has 0 aliphatic heterocycles. The number of hydrogen-bond donors (Lipinski definition) is 1. The van der Waals surface area contributed by atoms with Gasteiger partial charge in [-0.15, -0.1) is 0 Å². The van der Waals surface area contributed by atoms with Crippen LogP contribution in [-0.2, 0) is 9.84 Å². The average Bonchev–Trinajstić information content (AvgIpc) is 2.56. The SMILES string of the molecule is CS(=O)(=O)c1cn(-c2ccccc2)c(=O)n(-c2ccccc2)c1=N. The molecule has 3 rings (SSSR count). The van der Waals surface area contributed by atoms with E-state index in [0.717, 1.165) is 10.8 Å². The molecule has 2 aromatic carbocycles. The van der Waals surface area contributed by atoms with Crippen LogP contribution in [0.2, 0.25) is 0 Å². The number of nitrogens with zero attached hydrogens (tertiary/aromatic N) is 2. The van der Waals surface area contributed by atoms with Crippen molar-refractivity contribution in [1.82, 2.24) is 9.13 Å². The number of hydrogen-bond acceptors (Lipinski definition) is 4. The summed E-state index contributed by atoms with van der Waals surface area (Å²) in [7, 11) is -3.68. The third kappa shape index (κ3) is 2.81. The smallest absolute Gasteiger partial charge is 0.283 e. The minimum absolute atomic E-state index is 0.213. The molecule has 0 radical (unpaired) electrons. The molecule has 24 heavy (non-hydrogen) atoms. The van der Waals surface area contributed by atoms with Gasteiger partial charge in [-0.2, -0.15) is 0 Å². The second-order valence-corrected chi connectivity index (χ2v) is 7.26. The van der Waals surface area contributed by atoms with Crippen LogP contribution in [-0.4, -0.2) is 23.8 Å². The van der Waals surface area contributed by atoms with Crippen LogP contribution in [0.1, 0.15) is 0 Å². The van der Waals surface area contributed by atoms with E-state index in [9.17, 15) is 13.2 Å². The molecule has 122 valence electrons. The second-order valence-electron chi connectivity index (χ2n) is 5.27. The summed E-state index contributed by atoms with van der Waals surface area (Å²) in [5.74, 6) is 0. The Morgan fingerprint density at radius 1 is 0.875 bits per heavy atom. The Bertz CT molecular complexity index is 1100. The Morgan fingerprint density at radius 2 is 1.38 bits per heavy atom. The fourth-order valence-electron chi connectivity index (χ4n) is 2.41. The molecule has 0 unspecified atom stereocenters. The van der Waals surface area contributed by atoms with E-state index in [0.29, 0.717) is 11.4 Å². The maximum absolute atomic E-state index is 12.9. The molecule has 0 amide bonds. The van der Waals surface area contributed by atoms with E-state index in [2.05, 4.69) is 0 Å². The third-order valence-electron chi connectivity index (χ3n) is 3.55. The fourth-order valence-corrected chi connectivity index (χ4v) is 3.15. The van der Waals surface area contributed by atoms with Crippen molar-refractivity contribution in [2.75, 3.05) is 6.26 Å². The van der Waals surface area contributed by atoms with Crippen LogP contribution in [0.5, 0.6) is 0 Å². The van der Waals surface area contributed by atoms with Gasteiger partial charge in [0, 0.05) is 12.5 Å². The summed E-state index contributed by atoms with van der Waals surface area (Å²) in [5.41, 5.74) is 0.0884. The first-order chi connectivity index (χ1) is 11.4. The molecule has 0 saturated carbocycles. The molecular weight excluding hydrogens is 326 g/mol. The minimum atomic E-state index is -3.68. The first kappa shape index (κ1) is 15.9. The molecule has 0 aliphatic rings. The van der Waals surface area contributed by atoms with E-state index in [1.807, 2.05) is 0 Å². The minimum Gasteiger partial charge on any atom is -0.283 e. The molecule has 0 bridgehead atoms. The van der Waals surface area contributed by atoms with Crippen molar-refractivity contribution in [3.63, 3.8) is 0 Å². The molecule has 6 nitrogen and oxygen atoms in total. The predicted octanol–water partition coefficient (Wildman–Crippen LogP) is 1.51. The second kappa shape index (κ2) is 5.93. The molecule has 1 heterocycles. The van der Waals surface area contributed by atoms with Crippen LogP contribution in [0.4, 0.5) is 0 Å². The van der Waals surface area contributed by atoms with Gasteiger partial charge in [-0.3, -0.25) is 9.98 Å². The van der Waals surface area contributed by atoms with Crippen LogP contribution in [0.25, 0.3) is 11.4 Å². The molecule has 0 atom stereocenters. The van der Waals surface area contributed by atoms with Crippen molar-refractivity contribution in [2.24, 2.45) is 0 Å². The maximum Gasteiger partial charge on any atom is 0.338 e. The highest BCUT2D eigenvalue weighted by Crippen LogP contribution is 2.09. The lowest BCUT2D eigenvalue weighted by molar-refractivity contribution is 0.595. The zero-order valence-electron chi connectivity index (χ0n) is 12.9. The van der Waals surface area contributed by atoms with Gasteiger partial charge in [-0.05, 0) is 24.3 Å². The maximum atomic E-state index is 12.9. The lowest BCUT2D eigenvalue weighted by Crippen LogP contribution is -2.40. The van der Waals surface area contributed by atoms with Crippen LogP contribution < -0.4 is 11.2 Å². The van der Waals surface area contributed by atoms with Gasteiger partial charge in [-0.25, -0.2) is 17.8 Å². The Balaban J connectivity index is 2.46. The largest absolute Gasteiger partial charge is 0.338 e. The fraction of sp³-hybridized carbons (Fsp3) is 0.0588. The van der Waals surface area contributed by atoms with Crippen molar-refractivity contribution in [2.45, 2.75) is 4.90 Å². The Kier molecular flexibility index (Phi) is 3.94. The van der Waals surface area contributed by atoms with Crippen LogP contribution in [0.15, 0.2) is 76.6 Å². The molecule has 3 aromatic rings. The highest BCUT2D eigenvalue weighted by atomic mass is 32.2. The van der Waals surface area contributed by atoms with E-state index in [1.165, 1.54) is 10.8 Å². The summed E-state index contributed by atoms with van der Waals surface area (Å²) in [6, 6.07) is 17.2. The lowest BCUT2D eigenvalue weighted by Gasteiger charge is -2.14. The molecule has 1 aromatic heterocycles. The highest BCUT2D eigenvalue weighted by molar-refractivity contribution is 7.90. The number of rotatable bonds is 3. The number of benzene rings is 2. The van der Waals surface area contributed by atoms with Crippen molar-refractivity contribution in [3.05, 3.63) is 82.8 Å². The predicted molar refractivity (Wildman–Crippen MR) is 90.3 cm³/mol. The first-order valence-corrected chi connectivity index (χ1v) is 9.03. The summed E-state index contributed by atoms with van der Waals surface area (Å²) < 4.78 is 26.5. The van der Waals surface area contributed by atoms with E-state index < -0.39 is 15.5 Å². The summed E-state index contributed by atoms with van der Waals surface area (Å²) in [4.78, 5) is 12.7. The van der Waals surface area contributed by atoms with E-state index >= 15 is 0 Å². The topological polar surface area (TPSA) is 84.9 Å². The van der Waals surface area contributed by atoms with Gasteiger partial charge in [0.2, 0.25) is 0 Å². The van der Waals surface area contributed by atoms with Gasteiger partial charge < -0.3 is 0 Å². The van der Waals surface area contributed by atoms with Crippen molar-refractivity contribution < 1.29 is 8.42 Å². The molecule has 1 N–H and O–H groups in total. The van der Waals surface area contributed by atoms with Gasteiger partial charge in [0.15, 0.2) is 15.3 Å². The molecule has 0 aliphatic carbocycles. The van der Waals surface area contributed by atoms with E-state index in [4.69, 9.17) is 5.41 Å². The number of aromatic nitrogens is 2.